The third kappa shape index (κ3) is 15.0. The number of carbonyl (C=O) groups excluding carboxylic acids is 1. The lowest BCUT2D eigenvalue weighted by atomic mass is 10.2. The molecule has 0 aliphatic heterocycles. The Balaban J connectivity index is 3.25. The molecule has 0 saturated heterocycles. The van der Waals surface area contributed by atoms with Crippen molar-refractivity contribution in [2.24, 2.45) is 0 Å². The second kappa shape index (κ2) is 9.93. The van der Waals surface area contributed by atoms with Crippen LogP contribution in [-0.4, -0.2) is 66.9 Å². The van der Waals surface area contributed by atoms with E-state index in [9.17, 15) is 4.79 Å². The van der Waals surface area contributed by atoms with Crippen molar-refractivity contribution in [3.8, 4) is 0 Å². The zero-order chi connectivity index (χ0) is 14.7. The quantitative estimate of drug-likeness (QED) is 0.420. The van der Waals surface area contributed by atoms with Gasteiger partial charge in [-0.3, -0.25) is 10.4 Å². The number of alkyl carbamates (subject to hydrolysis) is 1. The topological polar surface area (TPSA) is 100 Å². The van der Waals surface area contributed by atoms with Gasteiger partial charge >= 0.3 is 6.09 Å². The average Bonchev–Trinajstić information content (AvgIpc) is 2.24. The van der Waals surface area contributed by atoms with Gasteiger partial charge in [0.05, 0.1) is 33.0 Å². The summed E-state index contributed by atoms with van der Waals surface area (Å²) in [4.78, 5) is 11.2. The van der Waals surface area contributed by atoms with E-state index in [1.54, 1.807) is 20.8 Å². The van der Waals surface area contributed by atoms with Crippen molar-refractivity contribution in [1.82, 2.24) is 10.5 Å². The van der Waals surface area contributed by atoms with Crippen LogP contribution in [0.2, 0.25) is 0 Å². The number of rotatable bonds is 9. The molecule has 0 aliphatic rings. The predicted octanol–water partition coefficient (Wildman–Crippen LogP) is 0.625. The number of carbonyl (C=O) groups is 1. The van der Waals surface area contributed by atoms with E-state index in [0.717, 1.165) is 0 Å². The molecule has 0 fully saturated rings. The summed E-state index contributed by atoms with van der Waals surface area (Å²) in [5.41, 5.74) is -0.508. The van der Waals surface area contributed by atoms with E-state index in [-0.39, 0.29) is 18.4 Å². The fourth-order valence-electron chi connectivity index (χ4n) is 1.01. The zero-order valence-electron chi connectivity index (χ0n) is 11.7. The Kier molecular flexibility index (Phi) is 9.44. The molecule has 0 heterocycles. The molecule has 0 atom stereocenters. The smallest absolute Gasteiger partial charge is 0.407 e. The number of ether oxygens (including phenoxy) is 3. The summed E-state index contributed by atoms with van der Waals surface area (Å²) in [5, 5.41) is 19.4. The highest BCUT2D eigenvalue weighted by molar-refractivity contribution is 5.67. The molecule has 1 amide bonds. The molecule has 0 bridgehead atoms. The van der Waals surface area contributed by atoms with E-state index in [1.165, 1.54) is 0 Å². The van der Waals surface area contributed by atoms with E-state index in [1.807, 2.05) is 0 Å². The highest BCUT2D eigenvalue weighted by Gasteiger charge is 2.15. The van der Waals surface area contributed by atoms with Gasteiger partial charge < -0.3 is 19.5 Å². The van der Waals surface area contributed by atoms with Crippen molar-refractivity contribution in [3.05, 3.63) is 0 Å². The minimum atomic E-state index is -0.508. The summed E-state index contributed by atoms with van der Waals surface area (Å²) in [7, 11) is 0. The number of hydroxylamine groups is 2. The van der Waals surface area contributed by atoms with Gasteiger partial charge in [0.25, 0.3) is 0 Å². The molecule has 0 radical (unpaired) electrons. The number of amides is 1. The van der Waals surface area contributed by atoms with Crippen molar-refractivity contribution in [2.75, 3.05) is 39.5 Å². The lowest BCUT2D eigenvalue weighted by Gasteiger charge is -2.19. The Hall–Kier alpha value is -0.930. The SMILES string of the molecule is CC(C)(C)OC(=O)NCCOCCOCCN(O)O. The number of hydrogen-bond acceptors (Lipinski definition) is 7. The lowest BCUT2D eigenvalue weighted by Crippen LogP contribution is -2.34. The molecule has 8 heteroatoms. The summed E-state index contributed by atoms with van der Waals surface area (Å²) in [6, 6.07) is 0. The van der Waals surface area contributed by atoms with Gasteiger partial charge in [-0.25, -0.2) is 4.79 Å². The van der Waals surface area contributed by atoms with Crippen LogP contribution in [0.3, 0.4) is 0 Å². The van der Waals surface area contributed by atoms with E-state index in [2.05, 4.69) is 5.32 Å². The highest BCUT2D eigenvalue weighted by atomic mass is 16.8. The zero-order valence-corrected chi connectivity index (χ0v) is 11.7. The standard InChI is InChI=1S/C11H24N2O6/c1-11(2,3)19-10(14)12-4-6-17-8-9-18-7-5-13(15)16/h15-16H,4-9H2,1-3H3,(H,12,14). The first-order valence-electron chi connectivity index (χ1n) is 6.09. The Morgan fingerprint density at radius 3 is 2.21 bits per heavy atom. The second-order valence-corrected chi connectivity index (χ2v) is 4.75. The van der Waals surface area contributed by atoms with Crippen molar-refractivity contribution < 1.29 is 29.4 Å². The average molecular weight is 280 g/mol. The minimum absolute atomic E-state index is 0.0141. The molecule has 0 aromatic carbocycles. The van der Waals surface area contributed by atoms with Crippen LogP contribution in [0.15, 0.2) is 0 Å². The molecule has 0 aromatic rings. The predicted molar refractivity (Wildman–Crippen MR) is 66.2 cm³/mol. The van der Waals surface area contributed by atoms with Crippen molar-refractivity contribution in [3.63, 3.8) is 0 Å². The molecule has 114 valence electrons. The fraction of sp³-hybridized carbons (Fsp3) is 0.909. The van der Waals surface area contributed by atoms with Gasteiger partial charge in [-0.05, 0) is 20.8 Å². The van der Waals surface area contributed by atoms with Gasteiger partial charge in [-0.2, -0.15) is 0 Å². The van der Waals surface area contributed by atoms with Gasteiger partial charge in [-0.1, -0.05) is 5.23 Å². The second-order valence-electron chi connectivity index (χ2n) is 4.75. The normalized spacial score (nSPS) is 11.7. The van der Waals surface area contributed by atoms with Crippen LogP contribution in [0.1, 0.15) is 20.8 Å². The molecular formula is C11H24N2O6. The number of hydrogen-bond donors (Lipinski definition) is 3. The molecule has 8 nitrogen and oxygen atoms in total. The van der Waals surface area contributed by atoms with E-state index >= 15 is 0 Å². The largest absolute Gasteiger partial charge is 0.444 e. The van der Waals surface area contributed by atoms with Crippen LogP contribution in [0.5, 0.6) is 0 Å². The van der Waals surface area contributed by atoms with Crippen LogP contribution in [0.4, 0.5) is 4.79 Å². The van der Waals surface area contributed by atoms with Crippen molar-refractivity contribution in [2.45, 2.75) is 26.4 Å². The molecule has 3 N–H and O–H groups in total. The molecule has 0 unspecified atom stereocenters. The maximum absolute atomic E-state index is 11.2. The first-order chi connectivity index (χ1) is 8.81. The Bertz CT molecular complexity index is 242. The first kappa shape index (κ1) is 18.1. The molecule has 0 spiro atoms. The fourth-order valence-corrected chi connectivity index (χ4v) is 1.01. The minimum Gasteiger partial charge on any atom is -0.444 e. The summed E-state index contributed by atoms with van der Waals surface area (Å²) >= 11 is 0. The summed E-state index contributed by atoms with van der Waals surface area (Å²) in [6.07, 6.45) is -0.474. The molecular weight excluding hydrogens is 256 g/mol. The van der Waals surface area contributed by atoms with Crippen LogP contribution in [0.25, 0.3) is 0 Å². The number of nitrogens with one attached hydrogen (secondary N) is 1. The van der Waals surface area contributed by atoms with Crippen LogP contribution >= 0.6 is 0 Å². The number of nitrogens with zero attached hydrogens (tertiary/aromatic N) is 1. The van der Waals surface area contributed by atoms with Gasteiger partial charge in [0.15, 0.2) is 0 Å². The molecule has 0 rings (SSSR count). The molecule has 0 aromatic heterocycles. The van der Waals surface area contributed by atoms with E-state index in [0.29, 0.717) is 26.4 Å². The van der Waals surface area contributed by atoms with Crippen molar-refractivity contribution >= 4 is 6.09 Å². The highest BCUT2D eigenvalue weighted by Crippen LogP contribution is 2.05. The van der Waals surface area contributed by atoms with Crippen LogP contribution < -0.4 is 5.32 Å². The van der Waals surface area contributed by atoms with Gasteiger partial charge in [-0.15, -0.1) is 0 Å². The lowest BCUT2D eigenvalue weighted by molar-refractivity contribution is -0.310. The maximum Gasteiger partial charge on any atom is 0.407 e. The summed E-state index contributed by atoms with van der Waals surface area (Å²) in [5.74, 6) is 0. The maximum atomic E-state index is 11.2. The van der Waals surface area contributed by atoms with Gasteiger partial charge in [0.2, 0.25) is 0 Å². The van der Waals surface area contributed by atoms with E-state index in [4.69, 9.17) is 24.6 Å². The summed E-state index contributed by atoms with van der Waals surface area (Å²) < 4.78 is 15.3. The Morgan fingerprint density at radius 2 is 1.68 bits per heavy atom. The first-order valence-corrected chi connectivity index (χ1v) is 6.09. The third-order valence-corrected chi connectivity index (χ3v) is 1.72. The molecule has 0 aliphatic carbocycles. The van der Waals surface area contributed by atoms with Gasteiger partial charge in [0, 0.05) is 6.54 Å². The van der Waals surface area contributed by atoms with Gasteiger partial charge in [0.1, 0.15) is 5.60 Å². The molecule has 19 heavy (non-hydrogen) atoms. The summed E-state index contributed by atoms with van der Waals surface area (Å²) in [6.45, 7) is 7.02. The van der Waals surface area contributed by atoms with Crippen LogP contribution in [-0.2, 0) is 14.2 Å². The Labute approximate surface area is 113 Å². The van der Waals surface area contributed by atoms with E-state index < -0.39 is 11.7 Å². The molecule has 0 saturated carbocycles. The van der Waals surface area contributed by atoms with Crippen LogP contribution in [0, 0.1) is 0 Å². The Morgan fingerprint density at radius 1 is 1.11 bits per heavy atom. The third-order valence-electron chi connectivity index (χ3n) is 1.72. The van der Waals surface area contributed by atoms with Crippen molar-refractivity contribution in [1.29, 1.82) is 0 Å². The monoisotopic (exact) mass is 280 g/mol.